The van der Waals surface area contributed by atoms with E-state index in [9.17, 15) is 9.59 Å². The average Bonchev–Trinajstić information content (AvgIpc) is 3.32. The summed E-state index contributed by atoms with van der Waals surface area (Å²) in [4.78, 5) is 33.6. The van der Waals surface area contributed by atoms with Crippen molar-refractivity contribution in [1.29, 1.82) is 0 Å². The molecule has 1 aromatic carbocycles. The van der Waals surface area contributed by atoms with E-state index in [4.69, 9.17) is 21.3 Å². The van der Waals surface area contributed by atoms with Crippen LogP contribution < -0.4 is 11.2 Å². The van der Waals surface area contributed by atoms with E-state index in [0.717, 1.165) is 57.1 Å². The zero-order valence-corrected chi connectivity index (χ0v) is 19.6. The number of rotatable bonds is 6. The molecule has 0 radical (unpaired) electrons. The van der Waals surface area contributed by atoms with Crippen LogP contribution in [-0.2, 0) is 24.9 Å². The minimum Gasteiger partial charge on any atom is -0.379 e. The fourth-order valence-corrected chi connectivity index (χ4v) is 4.74. The standard InChI is InChI=1S/C23H27ClN6O3/c1-16-14-29-19-20(25-22(29)28(16)9-5-8-27-10-12-33-13-11-27)26(2)23(32)30(21(19)31)15-17-6-3-4-7-18(17)24/h3-4,6-7,14H,5,8-13,15H2,1-2H3. The third kappa shape index (κ3) is 3.90. The van der Waals surface area contributed by atoms with Crippen LogP contribution in [0.25, 0.3) is 16.9 Å². The number of hydrogen-bond acceptors (Lipinski definition) is 5. The van der Waals surface area contributed by atoms with E-state index in [2.05, 4.69) is 9.47 Å². The van der Waals surface area contributed by atoms with E-state index in [1.165, 1.54) is 9.13 Å². The number of nitrogens with zero attached hydrogens (tertiary/aromatic N) is 6. The molecular weight excluding hydrogens is 444 g/mol. The van der Waals surface area contributed by atoms with Gasteiger partial charge in [-0.2, -0.15) is 4.98 Å². The summed E-state index contributed by atoms with van der Waals surface area (Å²) in [7, 11) is 1.65. The van der Waals surface area contributed by atoms with Gasteiger partial charge in [0, 0.05) is 50.1 Å². The van der Waals surface area contributed by atoms with Crippen LogP contribution in [-0.4, -0.2) is 60.8 Å². The van der Waals surface area contributed by atoms with Gasteiger partial charge in [-0.3, -0.25) is 23.2 Å². The zero-order chi connectivity index (χ0) is 23.1. The first-order valence-electron chi connectivity index (χ1n) is 11.2. The molecule has 0 unspecified atom stereocenters. The van der Waals surface area contributed by atoms with Crippen LogP contribution in [0.3, 0.4) is 0 Å². The maximum absolute atomic E-state index is 13.5. The maximum atomic E-state index is 13.5. The van der Waals surface area contributed by atoms with Gasteiger partial charge in [-0.15, -0.1) is 0 Å². The molecule has 33 heavy (non-hydrogen) atoms. The highest BCUT2D eigenvalue weighted by molar-refractivity contribution is 6.31. The molecule has 9 nitrogen and oxygen atoms in total. The molecule has 0 atom stereocenters. The Hall–Kier alpha value is -2.88. The normalized spacial score (nSPS) is 15.1. The molecule has 0 aliphatic carbocycles. The Morgan fingerprint density at radius 2 is 1.85 bits per heavy atom. The van der Waals surface area contributed by atoms with E-state index in [-0.39, 0.29) is 12.1 Å². The van der Waals surface area contributed by atoms with Gasteiger partial charge in [0.15, 0.2) is 11.2 Å². The lowest BCUT2D eigenvalue weighted by Crippen LogP contribution is -2.39. The van der Waals surface area contributed by atoms with Crippen molar-refractivity contribution in [2.24, 2.45) is 7.05 Å². The third-order valence-electron chi connectivity index (χ3n) is 6.39. The number of fused-ring (bicyclic) bond motifs is 3. The molecule has 0 spiro atoms. The van der Waals surface area contributed by atoms with Crippen LogP contribution in [0, 0.1) is 6.92 Å². The van der Waals surface area contributed by atoms with Gasteiger partial charge in [-0.05, 0) is 25.0 Å². The minimum atomic E-state index is -0.413. The summed E-state index contributed by atoms with van der Waals surface area (Å²) in [5.41, 5.74) is 1.74. The SMILES string of the molecule is Cc1cn2c3c(=O)n(Cc4ccccc4Cl)c(=O)n(C)c3nc2n1CCCN1CCOCC1. The Labute approximate surface area is 195 Å². The molecule has 0 saturated carbocycles. The smallest absolute Gasteiger partial charge is 0.332 e. The summed E-state index contributed by atoms with van der Waals surface area (Å²) >= 11 is 6.28. The lowest BCUT2D eigenvalue weighted by molar-refractivity contribution is 0.0369. The van der Waals surface area contributed by atoms with Gasteiger partial charge in [0.2, 0.25) is 5.78 Å². The van der Waals surface area contributed by atoms with Crippen LogP contribution in [0.4, 0.5) is 0 Å². The molecule has 1 saturated heterocycles. The van der Waals surface area contributed by atoms with Gasteiger partial charge in [-0.25, -0.2) is 4.79 Å². The Bertz CT molecular complexity index is 1440. The van der Waals surface area contributed by atoms with Crippen molar-refractivity contribution >= 4 is 28.5 Å². The average molecular weight is 471 g/mol. The lowest BCUT2D eigenvalue weighted by atomic mass is 10.2. The van der Waals surface area contributed by atoms with E-state index < -0.39 is 5.69 Å². The number of ether oxygens (including phenoxy) is 1. The molecule has 10 heteroatoms. The number of morpholine rings is 1. The van der Waals surface area contributed by atoms with Gasteiger partial charge < -0.3 is 9.30 Å². The Morgan fingerprint density at radius 1 is 1.09 bits per heavy atom. The fourth-order valence-electron chi connectivity index (χ4n) is 4.55. The summed E-state index contributed by atoms with van der Waals surface area (Å²) in [5.74, 6) is 0.673. The fraction of sp³-hybridized carbons (Fsp3) is 0.435. The van der Waals surface area contributed by atoms with Gasteiger partial charge in [-0.1, -0.05) is 29.8 Å². The van der Waals surface area contributed by atoms with E-state index in [1.54, 1.807) is 13.1 Å². The molecule has 0 bridgehead atoms. The molecule has 1 fully saturated rings. The molecular formula is C23H27ClN6O3. The molecule has 0 N–H and O–H groups in total. The molecule has 0 amide bonds. The second kappa shape index (κ2) is 8.81. The Balaban J connectivity index is 1.53. The van der Waals surface area contributed by atoms with Gasteiger partial charge in [0.25, 0.3) is 5.56 Å². The van der Waals surface area contributed by atoms with Crippen molar-refractivity contribution in [2.45, 2.75) is 26.4 Å². The van der Waals surface area contributed by atoms with Crippen molar-refractivity contribution in [3.05, 3.63) is 67.6 Å². The van der Waals surface area contributed by atoms with Crippen LogP contribution in [0.5, 0.6) is 0 Å². The summed E-state index contributed by atoms with van der Waals surface area (Å²) in [6, 6.07) is 7.23. The number of imidazole rings is 2. The van der Waals surface area contributed by atoms with Crippen LogP contribution >= 0.6 is 11.6 Å². The second-order valence-corrected chi connectivity index (χ2v) is 8.92. The van der Waals surface area contributed by atoms with Gasteiger partial charge in [0.05, 0.1) is 19.8 Å². The third-order valence-corrected chi connectivity index (χ3v) is 6.76. The van der Waals surface area contributed by atoms with Crippen molar-refractivity contribution in [3.8, 4) is 0 Å². The molecule has 4 heterocycles. The van der Waals surface area contributed by atoms with Crippen LogP contribution in [0.15, 0.2) is 40.1 Å². The minimum absolute atomic E-state index is 0.105. The van der Waals surface area contributed by atoms with Crippen molar-refractivity contribution in [1.82, 2.24) is 28.0 Å². The molecule has 5 rings (SSSR count). The maximum Gasteiger partial charge on any atom is 0.332 e. The van der Waals surface area contributed by atoms with E-state index >= 15 is 0 Å². The highest BCUT2D eigenvalue weighted by Gasteiger charge is 2.21. The predicted octanol–water partition coefficient (Wildman–Crippen LogP) is 1.88. The zero-order valence-electron chi connectivity index (χ0n) is 18.8. The van der Waals surface area contributed by atoms with E-state index in [0.29, 0.717) is 22.0 Å². The monoisotopic (exact) mass is 470 g/mol. The lowest BCUT2D eigenvalue weighted by Gasteiger charge is -2.26. The second-order valence-electron chi connectivity index (χ2n) is 8.51. The molecule has 4 aromatic rings. The highest BCUT2D eigenvalue weighted by Crippen LogP contribution is 2.18. The largest absolute Gasteiger partial charge is 0.379 e. The van der Waals surface area contributed by atoms with Crippen molar-refractivity contribution < 1.29 is 4.74 Å². The predicted molar refractivity (Wildman–Crippen MR) is 127 cm³/mol. The number of benzene rings is 1. The van der Waals surface area contributed by atoms with Crippen molar-refractivity contribution in [2.75, 3.05) is 32.8 Å². The summed E-state index contributed by atoms with van der Waals surface area (Å²) in [6.07, 6.45) is 2.88. The highest BCUT2D eigenvalue weighted by atomic mass is 35.5. The first-order valence-corrected chi connectivity index (χ1v) is 11.5. The summed E-state index contributed by atoms with van der Waals surface area (Å²) in [6.45, 7) is 7.37. The number of aryl methyl sites for hydroxylation is 3. The molecule has 1 aliphatic heterocycles. The summed E-state index contributed by atoms with van der Waals surface area (Å²) < 4.78 is 12.0. The van der Waals surface area contributed by atoms with Crippen molar-refractivity contribution in [3.63, 3.8) is 0 Å². The van der Waals surface area contributed by atoms with Gasteiger partial charge in [0.1, 0.15) is 0 Å². The summed E-state index contributed by atoms with van der Waals surface area (Å²) in [5, 5.41) is 0.521. The number of halogens is 1. The number of hydrogen-bond donors (Lipinski definition) is 0. The Kier molecular flexibility index (Phi) is 5.86. The first kappa shape index (κ1) is 21.9. The number of aromatic nitrogens is 5. The molecule has 3 aromatic heterocycles. The van der Waals surface area contributed by atoms with Gasteiger partial charge >= 0.3 is 5.69 Å². The molecule has 1 aliphatic rings. The Morgan fingerprint density at radius 3 is 2.61 bits per heavy atom. The quantitative estimate of drug-likeness (QED) is 0.430. The topological polar surface area (TPSA) is 78.7 Å². The first-order chi connectivity index (χ1) is 16.0. The van der Waals surface area contributed by atoms with Crippen LogP contribution in [0.1, 0.15) is 17.7 Å². The van der Waals surface area contributed by atoms with E-state index in [1.807, 2.05) is 35.7 Å². The van der Waals surface area contributed by atoms with Crippen LogP contribution in [0.2, 0.25) is 5.02 Å². The molecule has 174 valence electrons.